The topological polar surface area (TPSA) is 57.7 Å². The summed E-state index contributed by atoms with van der Waals surface area (Å²) < 4.78 is 67.0. The standard InChI is InChI=1S/C23H25F3N2O3S/c24-23(25,26)19-9-4-5-11-21(19)32(30,31)27-15-12-18(13-16-27)22(29)28-14-6-10-20(28)17-7-2-1-3-8-17/h1-5,7-9,11,18,20H,6,10,12-16H2/t20-/m1/s1. The van der Waals surface area contributed by atoms with Crippen LogP contribution in [0.4, 0.5) is 13.2 Å². The molecule has 0 aromatic heterocycles. The molecule has 172 valence electrons. The van der Waals surface area contributed by atoms with Crippen molar-refractivity contribution in [2.75, 3.05) is 19.6 Å². The second kappa shape index (κ2) is 8.86. The summed E-state index contributed by atoms with van der Waals surface area (Å²) in [6, 6.07) is 14.1. The Morgan fingerprint density at radius 3 is 2.16 bits per heavy atom. The molecule has 0 saturated carbocycles. The lowest BCUT2D eigenvalue weighted by Gasteiger charge is -2.34. The molecular weight excluding hydrogens is 441 g/mol. The van der Waals surface area contributed by atoms with E-state index in [1.54, 1.807) is 0 Å². The molecular formula is C23H25F3N2O3S. The number of piperidine rings is 1. The van der Waals surface area contributed by atoms with E-state index in [-0.39, 0.29) is 31.0 Å². The van der Waals surface area contributed by atoms with Crippen LogP contribution in [-0.4, -0.2) is 43.2 Å². The van der Waals surface area contributed by atoms with Crippen LogP contribution in [0.5, 0.6) is 0 Å². The third-order valence-corrected chi connectivity index (χ3v) is 8.29. The summed E-state index contributed by atoms with van der Waals surface area (Å²) in [7, 11) is -4.31. The number of benzene rings is 2. The molecule has 0 unspecified atom stereocenters. The number of halogens is 3. The SMILES string of the molecule is O=C(C1CCN(S(=O)(=O)c2ccccc2C(F)(F)F)CC1)N1CCC[C@@H]1c1ccccc1. The molecule has 2 aromatic carbocycles. The van der Waals surface area contributed by atoms with Crippen LogP contribution in [-0.2, 0) is 21.0 Å². The first-order valence-corrected chi connectivity index (χ1v) is 12.2. The van der Waals surface area contributed by atoms with Crippen molar-refractivity contribution in [1.29, 1.82) is 0 Å². The third-order valence-electron chi connectivity index (χ3n) is 6.33. The lowest BCUT2D eigenvalue weighted by Crippen LogP contribution is -2.44. The van der Waals surface area contributed by atoms with Gasteiger partial charge in [0.1, 0.15) is 0 Å². The zero-order valence-corrected chi connectivity index (χ0v) is 18.3. The lowest BCUT2D eigenvalue weighted by atomic mass is 9.95. The van der Waals surface area contributed by atoms with Gasteiger partial charge in [0, 0.05) is 25.6 Å². The highest BCUT2D eigenvalue weighted by Gasteiger charge is 2.41. The molecule has 2 aliphatic heterocycles. The third kappa shape index (κ3) is 4.41. The maximum Gasteiger partial charge on any atom is 0.417 e. The van der Waals surface area contributed by atoms with Gasteiger partial charge in [-0.05, 0) is 43.4 Å². The highest BCUT2D eigenvalue weighted by molar-refractivity contribution is 7.89. The summed E-state index contributed by atoms with van der Waals surface area (Å²) in [5, 5.41) is 0. The van der Waals surface area contributed by atoms with Crippen molar-refractivity contribution in [2.45, 2.75) is 42.8 Å². The van der Waals surface area contributed by atoms with Crippen molar-refractivity contribution < 1.29 is 26.4 Å². The van der Waals surface area contributed by atoms with Crippen LogP contribution in [0.25, 0.3) is 0 Å². The Labute approximate surface area is 185 Å². The second-order valence-corrected chi connectivity index (χ2v) is 10.2. The zero-order valence-electron chi connectivity index (χ0n) is 17.5. The Morgan fingerprint density at radius 2 is 1.50 bits per heavy atom. The summed E-state index contributed by atoms with van der Waals surface area (Å²) in [5.41, 5.74) is -0.0805. The van der Waals surface area contributed by atoms with Crippen LogP contribution in [0.15, 0.2) is 59.5 Å². The normalized spacial score (nSPS) is 21.1. The number of alkyl halides is 3. The number of amides is 1. The van der Waals surface area contributed by atoms with Gasteiger partial charge in [0.05, 0.1) is 16.5 Å². The first kappa shape index (κ1) is 22.8. The van der Waals surface area contributed by atoms with E-state index in [1.165, 1.54) is 12.1 Å². The van der Waals surface area contributed by atoms with Gasteiger partial charge in [0.2, 0.25) is 15.9 Å². The number of carbonyl (C=O) groups is 1. The number of rotatable bonds is 4. The summed E-state index contributed by atoms with van der Waals surface area (Å²) in [6.07, 6.45) is -2.38. The summed E-state index contributed by atoms with van der Waals surface area (Å²) in [4.78, 5) is 14.3. The fraction of sp³-hybridized carbons (Fsp3) is 0.435. The molecule has 0 spiro atoms. The molecule has 32 heavy (non-hydrogen) atoms. The van der Waals surface area contributed by atoms with E-state index in [1.807, 2.05) is 35.2 Å². The molecule has 2 aromatic rings. The van der Waals surface area contributed by atoms with Crippen molar-refractivity contribution in [3.05, 3.63) is 65.7 Å². The monoisotopic (exact) mass is 466 g/mol. The van der Waals surface area contributed by atoms with Gasteiger partial charge < -0.3 is 4.90 Å². The number of carbonyl (C=O) groups excluding carboxylic acids is 1. The Hall–Kier alpha value is -2.39. The predicted octanol–water partition coefficient (Wildman–Crippen LogP) is 4.47. The molecule has 4 rings (SSSR count). The van der Waals surface area contributed by atoms with Gasteiger partial charge in [-0.1, -0.05) is 42.5 Å². The van der Waals surface area contributed by atoms with Gasteiger partial charge in [-0.15, -0.1) is 0 Å². The highest BCUT2D eigenvalue weighted by Crippen LogP contribution is 2.37. The van der Waals surface area contributed by atoms with Crippen molar-refractivity contribution in [3.63, 3.8) is 0 Å². The van der Waals surface area contributed by atoms with E-state index in [9.17, 15) is 26.4 Å². The molecule has 1 amide bonds. The van der Waals surface area contributed by atoms with Gasteiger partial charge in [-0.3, -0.25) is 4.79 Å². The van der Waals surface area contributed by atoms with Crippen molar-refractivity contribution >= 4 is 15.9 Å². The van der Waals surface area contributed by atoms with Gasteiger partial charge in [0.25, 0.3) is 0 Å². The average Bonchev–Trinajstić information content (AvgIpc) is 3.29. The second-order valence-electron chi connectivity index (χ2n) is 8.27. The van der Waals surface area contributed by atoms with E-state index >= 15 is 0 Å². The number of sulfonamides is 1. The van der Waals surface area contributed by atoms with E-state index in [0.29, 0.717) is 19.4 Å². The predicted molar refractivity (Wildman–Crippen MR) is 113 cm³/mol. The average molecular weight is 467 g/mol. The van der Waals surface area contributed by atoms with E-state index < -0.39 is 26.7 Å². The molecule has 0 N–H and O–H groups in total. The smallest absolute Gasteiger partial charge is 0.335 e. The quantitative estimate of drug-likeness (QED) is 0.668. The first-order valence-electron chi connectivity index (χ1n) is 10.7. The molecule has 0 bridgehead atoms. The van der Waals surface area contributed by atoms with Gasteiger partial charge in [-0.25, -0.2) is 8.42 Å². The Morgan fingerprint density at radius 1 is 0.875 bits per heavy atom. The van der Waals surface area contributed by atoms with Crippen LogP contribution >= 0.6 is 0 Å². The number of nitrogens with zero attached hydrogens (tertiary/aromatic N) is 2. The van der Waals surface area contributed by atoms with Crippen LogP contribution in [0.3, 0.4) is 0 Å². The lowest BCUT2D eigenvalue weighted by molar-refractivity contribution is -0.140. The van der Waals surface area contributed by atoms with E-state index in [4.69, 9.17) is 0 Å². The summed E-state index contributed by atoms with van der Waals surface area (Å²) in [6.45, 7) is 0.708. The van der Waals surface area contributed by atoms with Crippen molar-refractivity contribution in [1.82, 2.24) is 9.21 Å². The maximum atomic E-state index is 13.3. The summed E-state index contributed by atoms with van der Waals surface area (Å²) in [5.74, 6) is -0.326. The van der Waals surface area contributed by atoms with Crippen molar-refractivity contribution in [2.24, 2.45) is 5.92 Å². The molecule has 0 radical (unpaired) electrons. The Balaban J connectivity index is 1.46. The van der Waals surface area contributed by atoms with E-state index in [2.05, 4.69) is 0 Å². The van der Waals surface area contributed by atoms with Crippen molar-refractivity contribution in [3.8, 4) is 0 Å². The van der Waals surface area contributed by atoms with E-state index in [0.717, 1.165) is 34.8 Å². The number of hydrogen-bond acceptors (Lipinski definition) is 3. The van der Waals surface area contributed by atoms with Crippen LogP contribution in [0.1, 0.15) is 42.9 Å². The van der Waals surface area contributed by atoms with Gasteiger partial charge in [-0.2, -0.15) is 17.5 Å². The fourth-order valence-electron chi connectivity index (χ4n) is 4.69. The minimum atomic E-state index is -4.76. The highest BCUT2D eigenvalue weighted by atomic mass is 32.2. The molecule has 2 saturated heterocycles. The Bertz CT molecular complexity index is 1070. The largest absolute Gasteiger partial charge is 0.417 e. The maximum absolute atomic E-state index is 13.3. The molecule has 2 heterocycles. The number of likely N-dealkylation sites (tertiary alicyclic amines) is 1. The Kier molecular flexibility index (Phi) is 6.31. The molecule has 9 heteroatoms. The fourth-order valence-corrected chi connectivity index (χ4v) is 6.38. The molecule has 0 aliphatic carbocycles. The molecule has 5 nitrogen and oxygen atoms in total. The first-order chi connectivity index (χ1) is 15.2. The van der Waals surface area contributed by atoms with Gasteiger partial charge in [0.15, 0.2) is 0 Å². The molecule has 1 atom stereocenters. The molecule has 2 fully saturated rings. The van der Waals surface area contributed by atoms with Crippen LogP contribution in [0.2, 0.25) is 0 Å². The minimum Gasteiger partial charge on any atom is -0.335 e. The number of hydrogen-bond donors (Lipinski definition) is 0. The van der Waals surface area contributed by atoms with Gasteiger partial charge >= 0.3 is 6.18 Å². The summed E-state index contributed by atoms with van der Waals surface area (Å²) >= 11 is 0. The minimum absolute atomic E-state index is 0.00379. The zero-order chi connectivity index (χ0) is 22.9. The van der Waals surface area contributed by atoms with Crippen LogP contribution in [0, 0.1) is 5.92 Å². The van der Waals surface area contributed by atoms with Crippen LogP contribution < -0.4 is 0 Å². The molecule has 2 aliphatic rings.